The normalized spacial score (nSPS) is 14.7. The maximum Gasteiger partial charge on any atom is 0.133 e. The fourth-order valence-electron chi connectivity index (χ4n) is 2.73. The molecule has 0 fully saturated rings. The van der Waals surface area contributed by atoms with E-state index in [-0.39, 0.29) is 5.82 Å². The lowest BCUT2D eigenvalue weighted by molar-refractivity contribution is 0.627. The molecule has 0 saturated heterocycles. The van der Waals surface area contributed by atoms with Crippen LogP contribution in [0.4, 0.5) is 4.39 Å². The monoisotopic (exact) mass is 288 g/mol. The second-order valence-electron chi connectivity index (χ2n) is 5.31. The quantitative estimate of drug-likeness (QED) is 0.664. The Morgan fingerprint density at radius 1 is 1.10 bits per heavy atom. The number of nitrogens with one attached hydrogen (secondary N) is 1. The molecule has 1 N–H and O–H groups in total. The van der Waals surface area contributed by atoms with Gasteiger partial charge in [-0.05, 0) is 43.4 Å². The molecule has 1 heterocycles. The van der Waals surface area contributed by atoms with E-state index in [0.717, 1.165) is 28.9 Å². The number of aromatic amines is 1. The zero-order valence-corrected chi connectivity index (χ0v) is 12.1. The van der Waals surface area contributed by atoms with Crippen LogP contribution in [0.1, 0.15) is 41.9 Å². The van der Waals surface area contributed by atoms with Crippen molar-refractivity contribution in [1.82, 2.24) is 9.97 Å². The van der Waals surface area contributed by atoms with Crippen LogP contribution in [0.25, 0.3) is 0 Å². The first-order valence-electron chi connectivity index (χ1n) is 7.08. The van der Waals surface area contributed by atoms with Crippen LogP contribution in [0.2, 0.25) is 0 Å². The lowest BCUT2D eigenvalue weighted by atomic mass is 10.1. The number of rotatable bonds is 2. The summed E-state index contributed by atoms with van der Waals surface area (Å²) in [5, 5.41) is 0. The molecule has 1 aromatic carbocycles. The highest BCUT2D eigenvalue weighted by Gasteiger charge is 2.12. The van der Waals surface area contributed by atoms with Crippen molar-refractivity contribution in [2.75, 3.05) is 0 Å². The molecule has 2 nitrogen and oxygen atoms in total. The van der Waals surface area contributed by atoms with Gasteiger partial charge in [0.25, 0.3) is 0 Å². The maximum absolute atomic E-state index is 12.9. The largest absolute Gasteiger partial charge is 0.347 e. The van der Waals surface area contributed by atoms with Crippen LogP contribution in [0, 0.1) is 10.5 Å². The van der Waals surface area contributed by atoms with E-state index in [1.165, 1.54) is 42.7 Å². The van der Waals surface area contributed by atoms with Crippen LogP contribution in [0.5, 0.6) is 0 Å². The lowest BCUT2D eigenvalue weighted by Gasteiger charge is -2.09. The van der Waals surface area contributed by atoms with Gasteiger partial charge in [0.2, 0.25) is 0 Å². The molecule has 0 atom stereocenters. The lowest BCUT2D eigenvalue weighted by Crippen LogP contribution is -2.05. The average Bonchev–Trinajstić information content (AvgIpc) is 2.67. The number of H-pyrrole nitrogens is 1. The molecular weight excluding hydrogens is 271 g/mol. The molecule has 0 amide bonds. The topological polar surface area (TPSA) is 28.7 Å². The van der Waals surface area contributed by atoms with Gasteiger partial charge in [-0.25, -0.2) is 9.37 Å². The van der Waals surface area contributed by atoms with Gasteiger partial charge in [-0.3, -0.25) is 0 Å². The van der Waals surface area contributed by atoms with Crippen molar-refractivity contribution < 1.29 is 4.39 Å². The highest BCUT2D eigenvalue weighted by Crippen LogP contribution is 2.20. The van der Waals surface area contributed by atoms with Crippen LogP contribution in [0.15, 0.2) is 24.3 Å². The van der Waals surface area contributed by atoms with Crippen molar-refractivity contribution in [3.8, 4) is 0 Å². The fraction of sp³-hybridized carbons (Fsp3) is 0.375. The molecule has 0 unspecified atom stereocenters. The van der Waals surface area contributed by atoms with Crippen molar-refractivity contribution in [2.24, 2.45) is 0 Å². The third-order valence-corrected chi connectivity index (χ3v) is 4.13. The van der Waals surface area contributed by atoms with Gasteiger partial charge < -0.3 is 4.98 Å². The van der Waals surface area contributed by atoms with Crippen LogP contribution in [-0.2, 0) is 19.3 Å². The summed E-state index contributed by atoms with van der Waals surface area (Å²) in [7, 11) is 0. The number of halogens is 1. The summed E-state index contributed by atoms with van der Waals surface area (Å²) in [6.07, 6.45) is 6.41. The second-order valence-corrected chi connectivity index (χ2v) is 5.70. The van der Waals surface area contributed by atoms with E-state index in [4.69, 9.17) is 12.2 Å². The van der Waals surface area contributed by atoms with E-state index in [9.17, 15) is 4.39 Å². The summed E-state index contributed by atoms with van der Waals surface area (Å²) in [5.74, 6) is 0.666. The Hall–Kier alpha value is -1.55. The molecule has 104 valence electrons. The van der Waals surface area contributed by atoms with Gasteiger partial charge in [-0.15, -0.1) is 0 Å². The number of aryl methyl sites for hydroxylation is 1. The first-order valence-corrected chi connectivity index (χ1v) is 7.48. The second kappa shape index (κ2) is 5.83. The molecule has 0 spiro atoms. The molecule has 3 rings (SSSR count). The van der Waals surface area contributed by atoms with E-state index in [1.54, 1.807) is 12.1 Å². The van der Waals surface area contributed by atoms with Gasteiger partial charge in [0.1, 0.15) is 16.3 Å². The van der Waals surface area contributed by atoms with E-state index >= 15 is 0 Å². The van der Waals surface area contributed by atoms with Crippen molar-refractivity contribution in [2.45, 2.75) is 38.5 Å². The van der Waals surface area contributed by atoms with E-state index in [2.05, 4.69) is 9.97 Å². The summed E-state index contributed by atoms with van der Waals surface area (Å²) in [4.78, 5) is 7.95. The van der Waals surface area contributed by atoms with Crippen LogP contribution in [0.3, 0.4) is 0 Å². The van der Waals surface area contributed by atoms with E-state index in [1.807, 2.05) is 0 Å². The molecule has 20 heavy (non-hydrogen) atoms. The number of aromatic nitrogens is 2. The Labute approximate surface area is 123 Å². The molecule has 0 aliphatic heterocycles. The molecular formula is C16H17FN2S. The smallest absolute Gasteiger partial charge is 0.133 e. The number of benzene rings is 1. The Bertz CT molecular complexity index is 661. The average molecular weight is 288 g/mol. The summed E-state index contributed by atoms with van der Waals surface area (Å²) in [6.45, 7) is 0. The van der Waals surface area contributed by atoms with Crippen molar-refractivity contribution in [3.05, 3.63) is 57.4 Å². The summed E-state index contributed by atoms with van der Waals surface area (Å²) in [5.41, 5.74) is 3.51. The SMILES string of the molecule is Fc1ccc(Cc2nc(=S)c3c([nH]2)CCCCC3)cc1. The first-order chi connectivity index (χ1) is 9.72. The molecule has 1 aromatic heterocycles. The van der Waals surface area contributed by atoms with Crippen molar-refractivity contribution >= 4 is 12.2 Å². The molecule has 0 radical (unpaired) electrons. The van der Waals surface area contributed by atoms with Crippen molar-refractivity contribution in [3.63, 3.8) is 0 Å². The number of hydrogen-bond donors (Lipinski definition) is 1. The Kier molecular flexibility index (Phi) is 3.92. The minimum Gasteiger partial charge on any atom is -0.347 e. The van der Waals surface area contributed by atoms with Gasteiger partial charge in [-0.2, -0.15) is 0 Å². The third kappa shape index (κ3) is 2.96. The van der Waals surface area contributed by atoms with Crippen molar-refractivity contribution in [1.29, 1.82) is 0 Å². The van der Waals surface area contributed by atoms with Gasteiger partial charge in [0, 0.05) is 17.7 Å². The molecule has 2 aromatic rings. The standard InChI is InChI=1S/C16H17FN2S/c17-12-8-6-11(7-9-12)10-15-18-14-5-3-1-2-4-13(14)16(20)19-15/h6-9H,1-5,10H2,(H,18,19,20). The van der Waals surface area contributed by atoms with E-state index in [0.29, 0.717) is 6.42 Å². The summed E-state index contributed by atoms with van der Waals surface area (Å²) < 4.78 is 13.7. The van der Waals surface area contributed by atoms with Crippen LogP contribution >= 0.6 is 12.2 Å². The minimum absolute atomic E-state index is 0.212. The molecule has 1 aliphatic carbocycles. The van der Waals surface area contributed by atoms with Gasteiger partial charge >= 0.3 is 0 Å². The fourth-order valence-corrected chi connectivity index (χ4v) is 3.06. The Morgan fingerprint density at radius 3 is 2.65 bits per heavy atom. The highest BCUT2D eigenvalue weighted by molar-refractivity contribution is 7.71. The zero-order chi connectivity index (χ0) is 13.9. The van der Waals surface area contributed by atoms with Crippen LogP contribution < -0.4 is 0 Å². The molecule has 4 heteroatoms. The Morgan fingerprint density at radius 2 is 1.85 bits per heavy atom. The van der Waals surface area contributed by atoms with Crippen LogP contribution in [-0.4, -0.2) is 9.97 Å². The molecule has 1 aliphatic rings. The molecule has 0 bridgehead atoms. The first kappa shape index (κ1) is 13.4. The number of hydrogen-bond acceptors (Lipinski definition) is 2. The predicted octanol–water partition coefficient (Wildman–Crippen LogP) is 4.14. The molecule has 0 saturated carbocycles. The van der Waals surface area contributed by atoms with Gasteiger partial charge in [0.05, 0.1) is 0 Å². The zero-order valence-electron chi connectivity index (χ0n) is 11.3. The predicted molar refractivity (Wildman–Crippen MR) is 79.9 cm³/mol. The van der Waals surface area contributed by atoms with Gasteiger partial charge in [0.15, 0.2) is 0 Å². The van der Waals surface area contributed by atoms with E-state index < -0.39 is 0 Å². The number of nitrogens with zero attached hydrogens (tertiary/aromatic N) is 1. The summed E-state index contributed by atoms with van der Waals surface area (Å²) in [6, 6.07) is 6.54. The Balaban J connectivity index is 1.91. The van der Waals surface area contributed by atoms with Gasteiger partial charge in [-0.1, -0.05) is 30.8 Å². The maximum atomic E-state index is 12.9. The minimum atomic E-state index is -0.212. The number of fused-ring (bicyclic) bond motifs is 1. The third-order valence-electron chi connectivity index (χ3n) is 3.79. The highest BCUT2D eigenvalue weighted by atomic mass is 32.1. The summed E-state index contributed by atoms with van der Waals surface area (Å²) >= 11 is 5.43.